The number of rotatable bonds is 2. The number of hydrogen-bond acceptors (Lipinski definition) is 4. The lowest BCUT2D eigenvalue weighted by atomic mass is 10.0. The summed E-state index contributed by atoms with van der Waals surface area (Å²) in [6.45, 7) is 7.64. The number of carbonyl (C=O) groups excluding carboxylic acids is 1. The van der Waals surface area contributed by atoms with Gasteiger partial charge in [-0.3, -0.25) is 0 Å². The van der Waals surface area contributed by atoms with Crippen LogP contribution in [0, 0.1) is 0 Å². The minimum atomic E-state index is -4.45. The molecule has 1 aromatic carbocycles. The van der Waals surface area contributed by atoms with Gasteiger partial charge in [0, 0.05) is 13.0 Å². The molecule has 28 heavy (non-hydrogen) atoms. The Morgan fingerprint density at radius 1 is 1.21 bits per heavy atom. The van der Waals surface area contributed by atoms with Crippen molar-refractivity contribution in [1.82, 2.24) is 19.9 Å². The van der Waals surface area contributed by atoms with Gasteiger partial charge in [-0.2, -0.15) is 13.2 Å². The second-order valence-corrected chi connectivity index (χ2v) is 7.84. The molecular weight excluding hydrogens is 373 g/mol. The summed E-state index contributed by atoms with van der Waals surface area (Å²) in [6.07, 6.45) is -4.44. The highest BCUT2D eigenvalue weighted by molar-refractivity contribution is 5.68. The quantitative estimate of drug-likeness (QED) is 0.763. The van der Waals surface area contributed by atoms with Crippen molar-refractivity contribution in [1.29, 1.82) is 0 Å². The van der Waals surface area contributed by atoms with Gasteiger partial charge in [0.1, 0.15) is 11.3 Å². The van der Waals surface area contributed by atoms with Crippen LogP contribution >= 0.6 is 0 Å². The molecule has 0 fully saturated rings. The minimum absolute atomic E-state index is 0.136. The van der Waals surface area contributed by atoms with Gasteiger partial charge < -0.3 is 9.64 Å². The van der Waals surface area contributed by atoms with Gasteiger partial charge in [0.05, 0.1) is 23.8 Å². The molecule has 0 bridgehead atoms. The molecule has 9 heteroatoms. The summed E-state index contributed by atoms with van der Waals surface area (Å²) in [5, 5.41) is 8.19. The average molecular weight is 396 g/mol. The van der Waals surface area contributed by atoms with Crippen LogP contribution in [0.15, 0.2) is 24.3 Å². The Morgan fingerprint density at radius 3 is 2.54 bits per heavy atom. The van der Waals surface area contributed by atoms with Gasteiger partial charge in [-0.05, 0) is 39.3 Å². The van der Waals surface area contributed by atoms with Crippen molar-refractivity contribution in [2.45, 2.75) is 58.5 Å². The second kappa shape index (κ2) is 7.10. The lowest BCUT2D eigenvalue weighted by molar-refractivity contribution is -0.138. The molecule has 0 saturated carbocycles. The Kier molecular flexibility index (Phi) is 5.12. The third-order valence-corrected chi connectivity index (χ3v) is 4.57. The molecule has 1 aliphatic rings. The van der Waals surface area contributed by atoms with E-state index in [4.69, 9.17) is 4.74 Å². The number of halogens is 3. The average Bonchev–Trinajstić information content (AvgIpc) is 3.02. The summed E-state index contributed by atoms with van der Waals surface area (Å²) in [5.41, 5.74) is 0.165. The van der Waals surface area contributed by atoms with E-state index in [2.05, 4.69) is 10.3 Å². The third kappa shape index (κ3) is 4.13. The number of ether oxygens (including phenoxy) is 1. The maximum Gasteiger partial charge on any atom is 0.416 e. The van der Waals surface area contributed by atoms with E-state index in [1.165, 1.54) is 21.7 Å². The molecule has 0 saturated heterocycles. The molecular formula is C19H23F3N4O2. The Hall–Kier alpha value is -2.58. The maximum absolute atomic E-state index is 13.4. The smallest absolute Gasteiger partial charge is 0.416 e. The molecule has 6 nitrogen and oxygen atoms in total. The molecule has 0 N–H and O–H groups in total. The Bertz CT molecular complexity index is 871. The number of nitrogens with zero attached hydrogens (tertiary/aromatic N) is 4. The number of aromatic nitrogens is 3. The van der Waals surface area contributed by atoms with Crippen LogP contribution in [0.3, 0.4) is 0 Å². The molecule has 1 aromatic heterocycles. The van der Waals surface area contributed by atoms with Crippen LogP contribution in [-0.4, -0.2) is 38.1 Å². The van der Waals surface area contributed by atoms with Crippen LogP contribution in [0.5, 0.6) is 0 Å². The molecule has 2 heterocycles. The van der Waals surface area contributed by atoms with Crippen molar-refractivity contribution in [3.63, 3.8) is 0 Å². The predicted molar refractivity (Wildman–Crippen MR) is 95.6 cm³/mol. The Morgan fingerprint density at radius 2 is 1.89 bits per heavy atom. The van der Waals surface area contributed by atoms with E-state index >= 15 is 0 Å². The van der Waals surface area contributed by atoms with Crippen molar-refractivity contribution in [3.05, 3.63) is 46.8 Å². The van der Waals surface area contributed by atoms with E-state index in [1.807, 2.05) is 0 Å². The molecule has 1 aliphatic heterocycles. The molecule has 1 unspecified atom stereocenters. The van der Waals surface area contributed by atoms with Crippen LogP contribution in [-0.2, 0) is 23.9 Å². The van der Waals surface area contributed by atoms with Crippen molar-refractivity contribution < 1.29 is 22.7 Å². The normalized spacial score (nSPS) is 15.9. The van der Waals surface area contributed by atoms with E-state index < -0.39 is 29.5 Å². The van der Waals surface area contributed by atoms with Crippen LogP contribution in [0.2, 0.25) is 0 Å². The molecule has 152 valence electrons. The lowest BCUT2D eigenvalue weighted by Crippen LogP contribution is -2.40. The molecule has 0 radical (unpaired) electrons. The highest BCUT2D eigenvalue weighted by Crippen LogP contribution is 2.36. The first-order valence-electron chi connectivity index (χ1n) is 9.04. The van der Waals surface area contributed by atoms with Gasteiger partial charge in [-0.15, -0.1) is 5.10 Å². The monoisotopic (exact) mass is 396 g/mol. The van der Waals surface area contributed by atoms with Gasteiger partial charge in [-0.25, -0.2) is 9.48 Å². The van der Waals surface area contributed by atoms with Gasteiger partial charge in [0.15, 0.2) is 0 Å². The van der Waals surface area contributed by atoms with E-state index in [-0.39, 0.29) is 12.1 Å². The largest absolute Gasteiger partial charge is 0.444 e. The predicted octanol–water partition coefficient (Wildman–Crippen LogP) is 4.20. The van der Waals surface area contributed by atoms with Crippen molar-refractivity contribution in [3.8, 4) is 0 Å². The molecule has 0 spiro atoms. The van der Waals surface area contributed by atoms with Crippen molar-refractivity contribution >= 4 is 6.09 Å². The summed E-state index contributed by atoms with van der Waals surface area (Å²) in [7, 11) is 0. The fourth-order valence-corrected chi connectivity index (χ4v) is 3.27. The maximum atomic E-state index is 13.4. The highest BCUT2D eigenvalue weighted by Gasteiger charge is 2.36. The number of amides is 1. The summed E-state index contributed by atoms with van der Waals surface area (Å²) >= 11 is 0. The molecule has 0 aliphatic carbocycles. The standard InChI is InChI=1S/C19H23F3N4O2/c1-12(13-7-5-6-8-14(13)19(20,21)22)26-16-9-10-25(11-15(16)23-24-26)17(27)28-18(2,3)4/h5-8,12H,9-11H2,1-4H3. The summed E-state index contributed by atoms with van der Waals surface area (Å²) in [5.74, 6) is 0. The van der Waals surface area contributed by atoms with Gasteiger partial charge >= 0.3 is 12.3 Å². The SMILES string of the molecule is CC(c1ccccc1C(F)(F)F)n1nnc2c1CCN(C(=O)OC(C)(C)C)C2. The molecule has 3 rings (SSSR count). The van der Waals surface area contributed by atoms with E-state index in [9.17, 15) is 18.0 Å². The highest BCUT2D eigenvalue weighted by atomic mass is 19.4. The van der Waals surface area contributed by atoms with Crippen LogP contribution < -0.4 is 0 Å². The van der Waals surface area contributed by atoms with Crippen LogP contribution in [0.25, 0.3) is 0 Å². The first kappa shape index (κ1) is 20.2. The molecule has 1 atom stereocenters. The second-order valence-electron chi connectivity index (χ2n) is 7.84. The Labute approximate surface area is 161 Å². The first-order valence-corrected chi connectivity index (χ1v) is 9.04. The molecule has 1 amide bonds. The van der Waals surface area contributed by atoms with Crippen LogP contribution in [0.1, 0.15) is 56.3 Å². The van der Waals surface area contributed by atoms with E-state index in [0.717, 1.165) is 11.8 Å². The number of benzene rings is 1. The number of carbonyl (C=O) groups is 1. The zero-order valence-corrected chi connectivity index (χ0v) is 16.2. The van der Waals surface area contributed by atoms with Gasteiger partial charge in [0.2, 0.25) is 0 Å². The van der Waals surface area contributed by atoms with Crippen LogP contribution in [0.4, 0.5) is 18.0 Å². The summed E-state index contributed by atoms with van der Waals surface area (Å²) < 4.78 is 47.0. The van der Waals surface area contributed by atoms with Crippen molar-refractivity contribution in [2.75, 3.05) is 6.54 Å². The number of hydrogen-bond donors (Lipinski definition) is 0. The minimum Gasteiger partial charge on any atom is -0.444 e. The molecule has 2 aromatic rings. The first-order chi connectivity index (χ1) is 13.0. The van der Waals surface area contributed by atoms with Crippen molar-refractivity contribution in [2.24, 2.45) is 0 Å². The summed E-state index contributed by atoms with van der Waals surface area (Å²) in [6, 6.07) is 4.84. The summed E-state index contributed by atoms with van der Waals surface area (Å²) in [4.78, 5) is 13.8. The number of alkyl halides is 3. The topological polar surface area (TPSA) is 60.2 Å². The fraction of sp³-hybridized carbons (Fsp3) is 0.526. The van der Waals surface area contributed by atoms with E-state index in [1.54, 1.807) is 33.8 Å². The zero-order valence-electron chi connectivity index (χ0n) is 16.2. The lowest BCUT2D eigenvalue weighted by Gasteiger charge is -2.30. The fourth-order valence-electron chi connectivity index (χ4n) is 3.27. The third-order valence-electron chi connectivity index (χ3n) is 4.57. The van der Waals surface area contributed by atoms with Gasteiger partial charge in [-0.1, -0.05) is 23.4 Å². The van der Waals surface area contributed by atoms with Gasteiger partial charge in [0.25, 0.3) is 0 Å². The van der Waals surface area contributed by atoms with E-state index in [0.29, 0.717) is 18.7 Å². The number of fused-ring (bicyclic) bond motifs is 1. The Balaban J connectivity index is 1.85. The zero-order chi connectivity index (χ0) is 20.7.